The van der Waals surface area contributed by atoms with E-state index in [0.29, 0.717) is 26.4 Å². The summed E-state index contributed by atoms with van der Waals surface area (Å²) in [4.78, 5) is 26.7. The number of thioether (sulfide) groups is 1. The highest BCUT2D eigenvalue weighted by Gasteiger charge is 2.35. The quantitative estimate of drug-likeness (QED) is 0.470. The smallest absolute Gasteiger partial charge is 0.293 e. The first-order valence-electron chi connectivity index (χ1n) is 8.36. The van der Waals surface area contributed by atoms with Crippen molar-refractivity contribution in [1.29, 1.82) is 0 Å². The third kappa shape index (κ3) is 4.30. The van der Waals surface area contributed by atoms with Crippen LogP contribution < -0.4 is 4.74 Å². The number of carbonyl (C=O) groups is 2. The van der Waals surface area contributed by atoms with Gasteiger partial charge in [0, 0.05) is 0 Å². The Morgan fingerprint density at radius 2 is 2.00 bits per heavy atom. The van der Waals surface area contributed by atoms with Crippen LogP contribution in [0.15, 0.2) is 41.3 Å². The van der Waals surface area contributed by atoms with Crippen molar-refractivity contribution in [3.05, 3.63) is 61.6 Å². The van der Waals surface area contributed by atoms with Crippen LogP contribution in [0.25, 0.3) is 6.08 Å². The molecule has 0 saturated carbocycles. The van der Waals surface area contributed by atoms with Crippen molar-refractivity contribution in [2.75, 3.05) is 6.61 Å². The molecule has 2 amide bonds. The number of carbonyl (C=O) groups excluding carboxylic acids is 2. The Hall–Kier alpha value is -2.00. The van der Waals surface area contributed by atoms with E-state index in [9.17, 15) is 14.7 Å². The van der Waals surface area contributed by atoms with Gasteiger partial charge in [-0.15, -0.1) is 0 Å². The summed E-state index contributed by atoms with van der Waals surface area (Å²) in [6.07, 6.45) is 1.66. The van der Waals surface area contributed by atoms with Gasteiger partial charge in [0.25, 0.3) is 11.1 Å². The summed E-state index contributed by atoms with van der Waals surface area (Å²) in [5, 5.41) is 9.77. The van der Waals surface area contributed by atoms with Gasteiger partial charge in [0.2, 0.25) is 0 Å². The second-order valence-corrected chi connectivity index (χ2v) is 8.13. The number of nitrogens with zero attached hydrogens (tertiary/aromatic N) is 1. The Labute approximate surface area is 175 Å². The number of imide groups is 1. The monoisotopic (exact) mass is 495 g/mol. The van der Waals surface area contributed by atoms with E-state index in [2.05, 4.69) is 0 Å². The van der Waals surface area contributed by atoms with Crippen molar-refractivity contribution >= 4 is 51.6 Å². The molecule has 0 atom stereocenters. The van der Waals surface area contributed by atoms with Gasteiger partial charge >= 0.3 is 0 Å². The van der Waals surface area contributed by atoms with Gasteiger partial charge in [-0.25, -0.2) is 0 Å². The number of aryl methyl sites for hydroxylation is 1. The summed E-state index contributed by atoms with van der Waals surface area (Å²) in [7, 11) is 0. The molecule has 27 heavy (non-hydrogen) atoms. The molecule has 1 aliphatic rings. The van der Waals surface area contributed by atoms with Crippen LogP contribution in [0.3, 0.4) is 0 Å². The normalized spacial score (nSPS) is 15.7. The van der Waals surface area contributed by atoms with E-state index in [1.165, 1.54) is 4.90 Å². The minimum atomic E-state index is -0.311. The summed E-state index contributed by atoms with van der Waals surface area (Å²) < 4.78 is 6.05. The van der Waals surface area contributed by atoms with Gasteiger partial charge < -0.3 is 9.84 Å². The van der Waals surface area contributed by atoms with Crippen LogP contribution in [0.2, 0.25) is 0 Å². The van der Waals surface area contributed by atoms with Gasteiger partial charge in [-0.2, -0.15) is 0 Å². The van der Waals surface area contributed by atoms with E-state index in [4.69, 9.17) is 4.74 Å². The Morgan fingerprint density at radius 3 is 2.70 bits per heavy atom. The van der Waals surface area contributed by atoms with E-state index >= 15 is 0 Å². The Balaban J connectivity index is 1.87. The summed E-state index contributed by atoms with van der Waals surface area (Å²) in [6.45, 7) is 4.46. The van der Waals surface area contributed by atoms with E-state index in [1.54, 1.807) is 18.2 Å². The summed E-state index contributed by atoms with van der Waals surface area (Å²) in [5.74, 6) is 0.117. The van der Waals surface area contributed by atoms with Crippen molar-refractivity contribution in [1.82, 2.24) is 4.90 Å². The number of hydrogen-bond acceptors (Lipinski definition) is 5. The first kappa shape index (κ1) is 19.8. The number of aromatic hydroxyl groups is 1. The average molecular weight is 495 g/mol. The zero-order chi connectivity index (χ0) is 19.6. The number of phenols is 1. The van der Waals surface area contributed by atoms with Crippen LogP contribution in [-0.2, 0) is 11.3 Å². The van der Waals surface area contributed by atoms with E-state index < -0.39 is 0 Å². The van der Waals surface area contributed by atoms with E-state index in [-0.39, 0.29) is 23.4 Å². The summed E-state index contributed by atoms with van der Waals surface area (Å²) >= 11 is 2.93. The van der Waals surface area contributed by atoms with Gasteiger partial charge in [-0.1, -0.05) is 24.3 Å². The second-order valence-electron chi connectivity index (χ2n) is 5.98. The summed E-state index contributed by atoms with van der Waals surface area (Å²) in [6, 6.07) is 11.1. The van der Waals surface area contributed by atoms with E-state index in [0.717, 1.165) is 22.9 Å². The summed E-state index contributed by atoms with van der Waals surface area (Å²) in [5.41, 5.74) is 2.68. The topological polar surface area (TPSA) is 66.8 Å². The van der Waals surface area contributed by atoms with Crippen LogP contribution in [-0.4, -0.2) is 27.8 Å². The largest absolute Gasteiger partial charge is 0.504 e. The fraction of sp³-hybridized carbons (Fsp3) is 0.200. The SMILES string of the molecule is CCOc1cc(/C=C2\SC(=O)N(Cc3ccccc3C)C2=O)cc(I)c1O. The molecule has 0 spiro atoms. The van der Waals surface area contributed by atoms with Crippen LogP contribution in [0, 0.1) is 10.5 Å². The molecule has 3 rings (SSSR count). The lowest BCUT2D eigenvalue weighted by Crippen LogP contribution is -2.27. The number of hydrogen-bond donors (Lipinski definition) is 1. The van der Waals surface area contributed by atoms with Crippen LogP contribution >= 0.6 is 34.4 Å². The number of halogens is 1. The molecule has 2 aromatic rings. The third-order valence-corrected chi connectivity index (χ3v) is 5.84. The molecule has 7 heteroatoms. The van der Waals surface area contributed by atoms with Gasteiger partial charge in [0.05, 0.1) is 21.6 Å². The highest BCUT2D eigenvalue weighted by Crippen LogP contribution is 2.37. The lowest BCUT2D eigenvalue weighted by Gasteiger charge is -2.14. The standard InChI is InChI=1S/C20H18INO4S/c1-3-26-16-9-13(8-15(21)18(16)23)10-17-19(24)22(20(25)27-17)11-14-7-5-4-6-12(14)2/h4-10,23H,3,11H2,1-2H3/b17-10-. The van der Waals surface area contributed by atoms with Crippen molar-refractivity contribution in [3.63, 3.8) is 0 Å². The fourth-order valence-electron chi connectivity index (χ4n) is 2.69. The predicted octanol–water partition coefficient (Wildman–Crippen LogP) is 4.94. The Morgan fingerprint density at radius 1 is 1.26 bits per heavy atom. The molecular formula is C20H18INO4S. The molecule has 0 aromatic heterocycles. The predicted molar refractivity (Wildman–Crippen MR) is 115 cm³/mol. The van der Waals surface area contributed by atoms with Crippen LogP contribution in [0.1, 0.15) is 23.6 Å². The molecule has 0 bridgehead atoms. The molecule has 140 valence electrons. The maximum Gasteiger partial charge on any atom is 0.293 e. The fourth-order valence-corrected chi connectivity index (χ4v) is 4.15. The average Bonchev–Trinajstić information content (AvgIpc) is 2.88. The molecule has 1 saturated heterocycles. The Bertz CT molecular complexity index is 942. The van der Waals surface area contributed by atoms with Crippen molar-refractivity contribution in [2.24, 2.45) is 0 Å². The van der Waals surface area contributed by atoms with E-state index in [1.807, 2.05) is 60.7 Å². The number of benzene rings is 2. The third-order valence-electron chi connectivity index (χ3n) is 4.11. The van der Waals surface area contributed by atoms with Crippen LogP contribution in [0.5, 0.6) is 11.5 Å². The minimum Gasteiger partial charge on any atom is -0.504 e. The number of phenolic OH excluding ortho intramolecular Hbond substituents is 1. The zero-order valence-corrected chi connectivity index (χ0v) is 17.8. The lowest BCUT2D eigenvalue weighted by molar-refractivity contribution is -0.123. The number of rotatable bonds is 5. The highest BCUT2D eigenvalue weighted by atomic mass is 127. The maximum atomic E-state index is 12.7. The zero-order valence-electron chi connectivity index (χ0n) is 14.9. The number of ether oxygens (including phenoxy) is 1. The van der Waals surface area contributed by atoms with Gasteiger partial charge in [-0.3, -0.25) is 14.5 Å². The molecule has 0 unspecified atom stereocenters. The van der Waals surface area contributed by atoms with Gasteiger partial charge in [-0.05, 0) is 83.1 Å². The first-order valence-corrected chi connectivity index (χ1v) is 10.3. The minimum absolute atomic E-state index is 0.0715. The van der Waals surface area contributed by atoms with Gasteiger partial charge in [0.1, 0.15) is 0 Å². The molecule has 5 nitrogen and oxygen atoms in total. The van der Waals surface area contributed by atoms with Crippen molar-refractivity contribution in [3.8, 4) is 11.5 Å². The molecule has 1 N–H and O–H groups in total. The highest BCUT2D eigenvalue weighted by molar-refractivity contribution is 14.1. The molecular weight excluding hydrogens is 477 g/mol. The first-order chi connectivity index (χ1) is 12.9. The lowest BCUT2D eigenvalue weighted by atomic mass is 10.1. The van der Waals surface area contributed by atoms with Gasteiger partial charge in [0.15, 0.2) is 11.5 Å². The molecule has 1 fully saturated rings. The molecule has 1 heterocycles. The van der Waals surface area contributed by atoms with Crippen molar-refractivity contribution < 1.29 is 19.4 Å². The molecule has 0 aliphatic carbocycles. The molecule has 0 radical (unpaired) electrons. The Kier molecular flexibility index (Phi) is 6.11. The molecule has 2 aromatic carbocycles. The maximum absolute atomic E-state index is 12.7. The molecule has 1 aliphatic heterocycles. The van der Waals surface area contributed by atoms with Crippen molar-refractivity contribution in [2.45, 2.75) is 20.4 Å². The van der Waals surface area contributed by atoms with Crippen LogP contribution in [0.4, 0.5) is 4.79 Å². The second kappa shape index (κ2) is 8.35. The number of amides is 2.